The molecule has 0 aromatic rings. The molecule has 0 fully saturated rings. The molecule has 0 radical (unpaired) electrons. The molecule has 0 saturated carbocycles. The lowest BCUT2D eigenvalue weighted by molar-refractivity contribution is -0.127. The van der Waals surface area contributed by atoms with E-state index >= 15 is 0 Å². The minimum Gasteiger partial charge on any atom is -0.317 e. The smallest absolute Gasteiger partial charge is 0.240 e. The predicted molar refractivity (Wildman–Crippen MR) is 79.7 cm³/mol. The lowest BCUT2D eigenvalue weighted by Crippen LogP contribution is -2.32. The first-order chi connectivity index (χ1) is 8.40. The van der Waals surface area contributed by atoms with Gasteiger partial charge in [0.2, 0.25) is 5.91 Å². The van der Waals surface area contributed by atoms with E-state index in [0.717, 1.165) is 11.4 Å². The zero-order valence-corrected chi connectivity index (χ0v) is 13.2. The molecule has 0 aliphatic heterocycles. The first-order valence-electron chi connectivity index (χ1n) is 6.52. The monoisotopic (exact) mass is 255 g/mol. The van der Waals surface area contributed by atoms with Crippen molar-refractivity contribution in [3.63, 3.8) is 0 Å². The zero-order chi connectivity index (χ0) is 14.7. The number of hydrogen-bond acceptors (Lipinski definition) is 3. The fraction of sp³-hybridized carbons (Fsp3) is 0.714. The van der Waals surface area contributed by atoms with Crippen LogP contribution in [-0.4, -0.2) is 37.2 Å². The number of rotatable bonds is 5. The Labute approximate surface area is 112 Å². The number of carbonyl (C=O) groups is 1. The van der Waals surface area contributed by atoms with Gasteiger partial charge >= 0.3 is 0 Å². The van der Waals surface area contributed by atoms with Gasteiger partial charge in [-0.2, -0.15) is 0 Å². The third-order valence-corrected chi connectivity index (χ3v) is 2.52. The van der Waals surface area contributed by atoms with Gasteiger partial charge in [-0.15, -0.1) is 0 Å². The second kappa shape index (κ2) is 11.0. The Morgan fingerprint density at radius 1 is 1.33 bits per heavy atom. The largest absolute Gasteiger partial charge is 0.317 e. The Kier molecular flexibility index (Phi) is 11.7. The molecule has 0 bridgehead atoms. The molecule has 1 amide bonds. The quantitative estimate of drug-likeness (QED) is 0.768. The summed E-state index contributed by atoms with van der Waals surface area (Å²) < 4.78 is 0. The minimum atomic E-state index is 0.0358. The van der Waals surface area contributed by atoms with Gasteiger partial charge in [-0.3, -0.25) is 9.79 Å². The molecule has 1 N–H and O–H groups in total. The van der Waals surface area contributed by atoms with Crippen molar-refractivity contribution in [1.29, 1.82) is 0 Å². The van der Waals surface area contributed by atoms with Crippen molar-refractivity contribution in [2.45, 2.75) is 41.5 Å². The number of carbonyl (C=O) groups excluding carboxylic acids is 1. The molecule has 0 rings (SSSR count). The van der Waals surface area contributed by atoms with E-state index in [-0.39, 0.29) is 5.91 Å². The summed E-state index contributed by atoms with van der Waals surface area (Å²) in [6, 6.07) is 0. The van der Waals surface area contributed by atoms with Crippen LogP contribution in [-0.2, 0) is 4.79 Å². The van der Waals surface area contributed by atoms with Crippen molar-refractivity contribution in [3.05, 3.63) is 11.9 Å². The molecule has 4 nitrogen and oxygen atoms in total. The van der Waals surface area contributed by atoms with Gasteiger partial charge in [0, 0.05) is 24.7 Å². The Bertz CT molecular complexity index is 293. The molecule has 0 aromatic heterocycles. The van der Waals surface area contributed by atoms with Crippen LogP contribution < -0.4 is 5.32 Å². The molecule has 18 heavy (non-hydrogen) atoms. The number of aliphatic imine (C=N–C) groups is 1. The van der Waals surface area contributed by atoms with Crippen LogP contribution in [0.2, 0.25) is 0 Å². The summed E-state index contributed by atoms with van der Waals surface area (Å²) in [5.74, 6) is 0.469. The molecule has 0 heterocycles. The highest BCUT2D eigenvalue weighted by molar-refractivity contribution is 5.84. The first-order valence-corrected chi connectivity index (χ1v) is 6.52. The van der Waals surface area contributed by atoms with Crippen molar-refractivity contribution in [3.8, 4) is 0 Å². The van der Waals surface area contributed by atoms with E-state index in [9.17, 15) is 4.79 Å². The van der Waals surface area contributed by atoms with E-state index in [4.69, 9.17) is 0 Å². The number of allylic oxidation sites excluding steroid dienone is 1. The molecule has 0 spiro atoms. The van der Waals surface area contributed by atoms with Crippen LogP contribution in [0.4, 0.5) is 0 Å². The Morgan fingerprint density at radius 2 is 1.83 bits per heavy atom. The first kappa shape index (κ1) is 19.2. The molecule has 0 aliphatic carbocycles. The maximum atomic E-state index is 11.5. The third kappa shape index (κ3) is 8.01. The molecular formula is C14H29N3O. The van der Waals surface area contributed by atoms with E-state index in [0.29, 0.717) is 12.5 Å². The summed E-state index contributed by atoms with van der Waals surface area (Å²) in [7, 11) is 3.51. The van der Waals surface area contributed by atoms with E-state index in [1.807, 2.05) is 27.7 Å². The van der Waals surface area contributed by atoms with Crippen molar-refractivity contribution in [2.75, 3.05) is 20.6 Å². The van der Waals surface area contributed by atoms with Gasteiger partial charge in [0.25, 0.3) is 0 Å². The normalized spacial score (nSPS) is 12.1. The van der Waals surface area contributed by atoms with Crippen LogP contribution >= 0.6 is 0 Å². The number of hydrogen-bond donors (Lipinski definition) is 1. The van der Waals surface area contributed by atoms with Crippen LogP contribution in [0.5, 0.6) is 0 Å². The Balaban J connectivity index is 0. The van der Waals surface area contributed by atoms with Crippen LogP contribution in [0.1, 0.15) is 41.5 Å². The highest BCUT2D eigenvalue weighted by atomic mass is 16.2. The van der Waals surface area contributed by atoms with Gasteiger partial charge in [0.1, 0.15) is 0 Å². The second-order valence-corrected chi connectivity index (χ2v) is 4.18. The lowest BCUT2D eigenvalue weighted by Gasteiger charge is -2.16. The Morgan fingerprint density at radius 3 is 2.22 bits per heavy atom. The zero-order valence-electron chi connectivity index (χ0n) is 13.2. The van der Waals surface area contributed by atoms with Crippen LogP contribution in [0.3, 0.4) is 0 Å². The average Bonchev–Trinajstić information content (AvgIpc) is 2.36. The van der Waals surface area contributed by atoms with Gasteiger partial charge in [-0.1, -0.05) is 27.7 Å². The van der Waals surface area contributed by atoms with Crippen molar-refractivity contribution >= 4 is 11.6 Å². The van der Waals surface area contributed by atoms with E-state index < -0.39 is 0 Å². The van der Waals surface area contributed by atoms with Crippen molar-refractivity contribution in [2.24, 2.45) is 10.9 Å². The summed E-state index contributed by atoms with van der Waals surface area (Å²) in [4.78, 5) is 17.5. The third-order valence-electron chi connectivity index (χ3n) is 2.52. The molecule has 0 atom stereocenters. The minimum absolute atomic E-state index is 0.0358. The van der Waals surface area contributed by atoms with Crippen molar-refractivity contribution < 1.29 is 4.79 Å². The molecule has 0 aliphatic rings. The number of amides is 1. The van der Waals surface area contributed by atoms with E-state index in [2.05, 4.69) is 24.2 Å². The number of nitrogens with one attached hydrogen (secondary N) is 1. The SMILES string of the molecule is CC.CNCC(=O)N(C)/C(C)=C/N=C(C)C(C)C. The summed E-state index contributed by atoms with van der Waals surface area (Å²) in [5, 5.41) is 2.83. The molecule has 106 valence electrons. The standard InChI is InChI=1S/C12H23N3O.C2H6/c1-9(2)11(4)14-7-10(3)15(6)12(16)8-13-5;1-2/h7,9,13H,8H2,1-6H3;1-2H3/b10-7+,14-11?;. The molecular weight excluding hydrogens is 226 g/mol. The number of likely N-dealkylation sites (N-methyl/N-ethyl adjacent to an activating group) is 2. The molecule has 0 unspecified atom stereocenters. The molecule has 4 heteroatoms. The summed E-state index contributed by atoms with van der Waals surface area (Å²) >= 11 is 0. The molecule has 0 saturated heterocycles. The highest BCUT2D eigenvalue weighted by Gasteiger charge is 2.08. The Hall–Kier alpha value is -1.16. The summed E-state index contributed by atoms with van der Waals surface area (Å²) in [6.45, 7) is 12.4. The fourth-order valence-corrected chi connectivity index (χ4v) is 0.897. The van der Waals surface area contributed by atoms with E-state index in [1.165, 1.54) is 0 Å². The predicted octanol–water partition coefficient (Wildman–Crippen LogP) is 2.67. The average molecular weight is 255 g/mol. The summed E-state index contributed by atoms with van der Waals surface area (Å²) in [6.07, 6.45) is 1.74. The number of nitrogens with zero attached hydrogens (tertiary/aromatic N) is 2. The molecule has 0 aromatic carbocycles. The maximum Gasteiger partial charge on any atom is 0.240 e. The van der Waals surface area contributed by atoms with Gasteiger partial charge in [0.15, 0.2) is 0 Å². The van der Waals surface area contributed by atoms with E-state index in [1.54, 1.807) is 25.2 Å². The van der Waals surface area contributed by atoms with Crippen LogP contribution in [0.15, 0.2) is 16.9 Å². The van der Waals surface area contributed by atoms with Crippen LogP contribution in [0.25, 0.3) is 0 Å². The summed E-state index contributed by atoms with van der Waals surface area (Å²) in [5.41, 5.74) is 1.91. The fourth-order valence-electron chi connectivity index (χ4n) is 0.897. The topological polar surface area (TPSA) is 44.7 Å². The van der Waals surface area contributed by atoms with Gasteiger partial charge in [-0.25, -0.2) is 0 Å². The lowest BCUT2D eigenvalue weighted by atomic mass is 10.1. The maximum absolute atomic E-state index is 11.5. The van der Waals surface area contributed by atoms with Crippen molar-refractivity contribution in [1.82, 2.24) is 10.2 Å². The highest BCUT2D eigenvalue weighted by Crippen LogP contribution is 2.03. The van der Waals surface area contributed by atoms with Gasteiger partial charge in [0.05, 0.1) is 6.54 Å². The van der Waals surface area contributed by atoms with Gasteiger partial charge < -0.3 is 10.2 Å². The van der Waals surface area contributed by atoms with Gasteiger partial charge in [-0.05, 0) is 26.8 Å². The van der Waals surface area contributed by atoms with Crippen LogP contribution in [0, 0.1) is 5.92 Å². The second-order valence-electron chi connectivity index (χ2n) is 4.18.